The minimum atomic E-state index is -3.76. The number of aryl methyl sites for hydroxylation is 1. The van der Waals surface area contributed by atoms with Gasteiger partial charge in [-0.1, -0.05) is 23.9 Å². The van der Waals surface area contributed by atoms with E-state index in [9.17, 15) is 13.2 Å². The average Bonchev–Trinajstić information content (AvgIpc) is 2.82. The number of Topliss-reactive ketones (excluding diaryl/α,β-unsaturated/α-hetero) is 1. The molecule has 0 amide bonds. The fraction of sp³-hybridized carbons (Fsp3) is 0.217. The Morgan fingerprint density at radius 2 is 1.76 bits per heavy atom. The van der Waals surface area contributed by atoms with E-state index in [-0.39, 0.29) is 16.4 Å². The van der Waals surface area contributed by atoms with E-state index in [0.717, 1.165) is 36.9 Å². The summed E-state index contributed by atoms with van der Waals surface area (Å²) in [6, 6.07) is 14.7. The van der Waals surface area contributed by atoms with Gasteiger partial charge in [0, 0.05) is 16.8 Å². The number of carbonyl (C=O) groups excluding carboxylic acids is 1. The molecule has 168 valence electrons. The molecular formula is C23H21N5O3S2. The summed E-state index contributed by atoms with van der Waals surface area (Å²) in [5.74, 6) is 0.767. The monoisotopic (exact) mass is 479 g/mol. The van der Waals surface area contributed by atoms with E-state index in [4.69, 9.17) is 10.4 Å². The number of hydrogen-bond donors (Lipinski definition) is 2. The molecule has 0 radical (unpaired) electrons. The van der Waals surface area contributed by atoms with Crippen LogP contribution in [0, 0.1) is 11.3 Å². The topological polar surface area (TPSA) is 139 Å². The molecule has 0 bridgehead atoms. The van der Waals surface area contributed by atoms with Crippen LogP contribution in [0.2, 0.25) is 0 Å². The van der Waals surface area contributed by atoms with Crippen LogP contribution in [0.4, 0.5) is 11.5 Å². The number of primary sulfonamides is 1. The second-order valence-corrected chi connectivity index (χ2v) is 10.1. The van der Waals surface area contributed by atoms with Gasteiger partial charge in [-0.3, -0.25) is 4.79 Å². The predicted octanol–water partition coefficient (Wildman–Crippen LogP) is 3.59. The first-order valence-electron chi connectivity index (χ1n) is 10.3. The van der Waals surface area contributed by atoms with Crippen molar-refractivity contribution in [1.29, 1.82) is 5.26 Å². The third-order valence-electron chi connectivity index (χ3n) is 5.28. The number of nitriles is 1. The normalized spacial score (nSPS) is 13.1. The molecule has 0 saturated carbocycles. The summed E-state index contributed by atoms with van der Waals surface area (Å²) in [6.07, 6.45) is 3.77. The first-order valence-corrected chi connectivity index (χ1v) is 12.8. The summed E-state index contributed by atoms with van der Waals surface area (Å²) in [5, 5.41) is 17.8. The first-order chi connectivity index (χ1) is 15.8. The number of thioether (sulfide) groups is 1. The third-order valence-corrected chi connectivity index (χ3v) is 7.05. The summed E-state index contributed by atoms with van der Waals surface area (Å²) in [7, 11) is -3.76. The van der Waals surface area contributed by atoms with E-state index in [0.29, 0.717) is 27.8 Å². The number of benzene rings is 2. The molecule has 8 nitrogen and oxygen atoms in total. The second-order valence-electron chi connectivity index (χ2n) is 7.58. The van der Waals surface area contributed by atoms with Crippen molar-refractivity contribution in [3.63, 3.8) is 0 Å². The maximum atomic E-state index is 12.6. The van der Waals surface area contributed by atoms with Gasteiger partial charge in [0.25, 0.3) is 0 Å². The number of ketones is 1. The fourth-order valence-corrected chi connectivity index (χ4v) is 4.82. The number of sulfonamides is 1. The van der Waals surface area contributed by atoms with Gasteiger partial charge in [-0.2, -0.15) is 5.26 Å². The number of carbonyl (C=O) groups is 1. The van der Waals surface area contributed by atoms with Crippen molar-refractivity contribution in [3.8, 4) is 6.07 Å². The highest BCUT2D eigenvalue weighted by Crippen LogP contribution is 2.30. The van der Waals surface area contributed by atoms with Crippen LogP contribution >= 0.6 is 11.8 Å². The van der Waals surface area contributed by atoms with Crippen molar-refractivity contribution in [2.24, 2.45) is 5.14 Å². The van der Waals surface area contributed by atoms with E-state index < -0.39 is 10.0 Å². The molecular weight excluding hydrogens is 458 g/mol. The van der Waals surface area contributed by atoms with E-state index in [1.807, 2.05) is 6.07 Å². The van der Waals surface area contributed by atoms with Crippen LogP contribution in [0.1, 0.15) is 40.0 Å². The summed E-state index contributed by atoms with van der Waals surface area (Å²) >= 11 is 1.26. The number of nitrogens with zero attached hydrogens (tertiary/aromatic N) is 3. The highest BCUT2D eigenvalue weighted by Gasteiger charge is 2.19. The van der Waals surface area contributed by atoms with Crippen molar-refractivity contribution < 1.29 is 13.2 Å². The highest BCUT2D eigenvalue weighted by molar-refractivity contribution is 7.99. The first kappa shape index (κ1) is 22.9. The van der Waals surface area contributed by atoms with Crippen molar-refractivity contribution in [1.82, 2.24) is 9.97 Å². The lowest BCUT2D eigenvalue weighted by molar-refractivity contribution is 0.102. The SMILES string of the molecule is N#Cc1ccc(C(=O)CSc2nc3c(c(Nc4ccc(S(N)(=O)=O)cc4)n2)CCCC3)cc1. The van der Waals surface area contributed by atoms with Gasteiger partial charge in [0.05, 0.1) is 28.0 Å². The lowest BCUT2D eigenvalue weighted by Crippen LogP contribution is -2.13. The Hall–Kier alpha value is -3.26. The van der Waals surface area contributed by atoms with Crippen LogP contribution in [0.5, 0.6) is 0 Å². The van der Waals surface area contributed by atoms with Gasteiger partial charge in [0.15, 0.2) is 10.9 Å². The van der Waals surface area contributed by atoms with Crippen LogP contribution in [0.3, 0.4) is 0 Å². The molecule has 0 unspecified atom stereocenters. The van der Waals surface area contributed by atoms with Gasteiger partial charge < -0.3 is 5.32 Å². The van der Waals surface area contributed by atoms with Gasteiger partial charge >= 0.3 is 0 Å². The van der Waals surface area contributed by atoms with Gasteiger partial charge in [0.1, 0.15) is 5.82 Å². The average molecular weight is 480 g/mol. The van der Waals surface area contributed by atoms with Gasteiger partial charge in [0.2, 0.25) is 10.0 Å². The molecule has 3 aromatic rings. The van der Waals surface area contributed by atoms with Crippen molar-refractivity contribution in [2.75, 3.05) is 11.1 Å². The van der Waals surface area contributed by atoms with Gasteiger partial charge in [-0.05, 0) is 62.1 Å². The Kier molecular flexibility index (Phi) is 6.74. The van der Waals surface area contributed by atoms with E-state index in [2.05, 4.69) is 15.3 Å². The Bertz CT molecular complexity index is 1330. The molecule has 1 heterocycles. The molecule has 0 atom stereocenters. The van der Waals surface area contributed by atoms with Crippen molar-refractivity contribution in [3.05, 3.63) is 70.9 Å². The van der Waals surface area contributed by atoms with E-state index >= 15 is 0 Å². The maximum absolute atomic E-state index is 12.6. The van der Waals surface area contributed by atoms with Gasteiger partial charge in [-0.25, -0.2) is 23.5 Å². The lowest BCUT2D eigenvalue weighted by Gasteiger charge is -2.19. The fourth-order valence-electron chi connectivity index (χ4n) is 3.55. The Labute approximate surface area is 196 Å². The molecule has 0 aliphatic heterocycles. The molecule has 10 heteroatoms. The predicted molar refractivity (Wildman–Crippen MR) is 126 cm³/mol. The molecule has 4 rings (SSSR count). The Morgan fingerprint density at radius 1 is 1.06 bits per heavy atom. The lowest BCUT2D eigenvalue weighted by atomic mass is 9.96. The number of aromatic nitrogens is 2. The zero-order valence-corrected chi connectivity index (χ0v) is 19.2. The maximum Gasteiger partial charge on any atom is 0.238 e. The largest absolute Gasteiger partial charge is 0.340 e. The van der Waals surface area contributed by atoms with Crippen LogP contribution in [0.25, 0.3) is 0 Å². The summed E-state index contributed by atoms with van der Waals surface area (Å²) in [4.78, 5) is 21.9. The number of anilines is 2. The molecule has 1 aliphatic carbocycles. The van der Waals surface area contributed by atoms with Crippen LogP contribution in [0.15, 0.2) is 58.6 Å². The molecule has 0 saturated heterocycles. The van der Waals surface area contributed by atoms with Crippen molar-refractivity contribution >= 4 is 39.1 Å². The zero-order valence-electron chi connectivity index (χ0n) is 17.6. The van der Waals surface area contributed by atoms with E-state index in [1.54, 1.807) is 36.4 Å². The highest BCUT2D eigenvalue weighted by atomic mass is 32.2. The Morgan fingerprint density at radius 3 is 2.42 bits per heavy atom. The van der Waals surface area contributed by atoms with E-state index in [1.165, 1.54) is 23.9 Å². The number of nitrogens with two attached hydrogens (primary N) is 1. The van der Waals surface area contributed by atoms with Gasteiger partial charge in [-0.15, -0.1) is 0 Å². The molecule has 0 fully saturated rings. The Balaban J connectivity index is 1.54. The van der Waals surface area contributed by atoms with Crippen LogP contribution < -0.4 is 10.5 Å². The molecule has 0 spiro atoms. The summed E-state index contributed by atoms with van der Waals surface area (Å²) < 4.78 is 23.0. The minimum Gasteiger partial charge on any atom is -0.340 e. The van der Waals surface area contributed by atoms with Crippen LogP contribution in [-0.2, 0) is 22.9 Å². The number of nitrogens with one attached hydrogen (secondary N) is 1. The molecule has 3 N–H and O–H groups in total. The second kappa shape index (κ2) is 9.70. The smallest absolute Gasteiger partial charge is 0.238 e. The standard InChI is InChI=1S/C23H21N5O3S2/c24-13-15-5-7-16(8-6-15)21(29)14-32-23-27-20-4-2-1-3-19(20)22(28-23)26-17-9-11-18(12-10-17)33(25,30)31/h5-12H,1-4,14H2,(H2,25,30,31)(H,26,27,28). The van der Waals surface area contributed by atoms with Crippen molar-refractivity contribution in [2.45, 2.75) is 35.7 Å². The third kappa shape index (κ3) is 5.57. The van der Waals surface area contributed by atoms with Crippen LogP contribution in [-0.4, -0.2) is 29.9 Å². The number of fused-ring (bicyclic) bond motifs is 1. The summed E-state index contributed by atoms with van der Waals surface area (Å²) in [5.41, 5.74) is 3.73. The molecule has 1 aliphatic rings. The number of rotatable bonds is 7. The molecule has 1 aromatic heterocycles. The molecule has 33 heavy (non-hydrogen) atoms. The zero-order chi connectivity index (χ0) is 23.4. The number of hydrogen-bond acceptors (Lipinski definition) is 8. The quantitative estimate of drug-likeness (QED) is 0.298. The molecule has 2 aromatic carbocycles. The summed E-state index contributed by atoms with van der Waals surface area (Å²) in [6.45, 7) is 0. The minimum absolute atomic E-state index is 0.0373.